The first kappa shape index (κ1) is 14.1. The molecule has 2 aromatic rings. The van der Waals surface area contributed by atoms with Gasteiger partial charge in [0.05, 0.1) is 6.33 Å². The Balaban J connectivity index is 1.89. The molecule has 21 heavy (non-hydrogen) atoms. The second-order valence-electron chi connectivity index (χ2n) is 5.26. The first-order chi connectivity index (χ1) is 10.00. The van der Waals surface area contributed by atoms with E-state index in [0.717, 1.165) is 18.5 Å². The fourth-order valence-electron chi connectivity index (χ4n) is 2.78. The minimum atomic E-state index is -3.63. The largest absolute Gasteiger partial charge is 0.381 e. The number of nitrogens with zero attached hydrogens (tertiary/aromatic N) is 4. The van der Waals surface area contributed by atoms with Gasteiger partial charge in [0.15, 0.2) is 10.8 Å². The van der Waals surface area contributed by atoms with E-state index in [1.54, 1.807) is 13.2 Å². The standard InChI is InChI=1S/C12H18N6O2S/c1-17-8-14-11(13)12(17)21(19,20)18-6-2-3-9(7-18)10-4-5-15-16-10/h4-5,8-9H,2-3,6-7,13H2,1H3,(H,15,16). The van der Waals surface area contributed by atoms with Crippen molar-refractivity contribution < 1.29 is 8.42 Å². The third kappa shape index (κ3) is 2.42. The van der Waals surface area contributed by atoms with Crippen LogP contribution >= 0.6 is 0 Å². The number of rotatable bonds is 3. The summed E-state index contributed by atoms with van der Waals surface area (Å²) in [7, 11) is -2.00. The van der Waals surface area contributed by atoms with Gasteiger partial charge in [-0.15, -0.1) is 0 Å². The molecule has 1 unspecified atom stereocenters. The van der Waals surface area contributed by atoms with E-state index in [9.17, 15) is 8.42 Å². The number of nitrogens with two attached hydrogens (primary N) is 1. The molecule has 1 aliphatic heterocycles. The van der Waals surface area contributed by atoms with Crippen molar-refractivity contribution in [3.8, 4) is 0 Å². The van der Waals surface area contributed by atoms with E-state index in [0.29, 0.717) is 13.1 Å². The Hall–Kier alpha value is -1.87. The number of nitrogens with one attached hydrogen (secondary N) is 1. The van der Waals surface area contributed by atoms with Crippen LogP contribution in [0.1, 0.15) is 24.5 Å². The normalized spacial score (nSPS) is 20.7. The molecular formula is C12H18N6O2S. The highest BCUT2D eigenvalue weighted by Gasteiger charge is 2.34. The lowest BCUT2D eigenvalue weighted by Crippen LogP contribution is -2.40. The zero-order valence-electron chi connectivity index (χ0n) is 11.7. The van der Waals surface area contributed by atoms with Crippen LogP contribution in [0, 0.1) is 0 Å². The van der Waals surface area contributed by atoms with Gasteiger partial charge in [0.2, 0.25) is 0 Å². The Bertz CT molecular complexity index is 702. The van der Waals surface area contributed by atoms with Crippen LogP contribution in [0.5, 0.6) is 0 Å². The van der Waals surface area contributed by atoms with Gasteiger partial charge in [-0.2, -0.15) is 9.40 Å². The molecule has 1 aliphatic rings. The van der Waals surface area contributed by atoms with Gasteiger partial charge in [-0.25, -0.2) is 13.4 Å². The lowest BCUT2D eigenvalue weighted by atomic mass is 9.96. The van der Waals surface area contributed by atoms with Crippen LogP contribution in [0.25, 0.3) is 0 Å². The number of hydrogen-bond acceptors (Lipinski definition) is 5. The number of H-pyrrole nitrogens is 1. The van der Waals surface area contributed by atoms with Crippen molar-refractivity contribution in [3.05, 3.63) is 24.3 Å². The van der Waals surface area contributed by atoms with Crippen molar-refractivity contribution in [1.82, 2.24) is 24.1 Å². The minimum absolute atomic E-state index is 0.0427. The molecular weight excluding hydrogens is 292 g/mol. The maximum atomic E-state index is 12.8. The van der Waals surface area contributed by atoms with E-state index in [1.165, 1.54) is 15.2 Å². The van der Waals surface area contributed by atoms with Crippen LogP contribution in [0.2, 0.25) is 0 Å². The molecule has 8 nitrogen and oxygen atoms in total. The first-order valence-corrected chi connectivity index (χ1v) is 8.20. The zero-order chi connectivity index (χ0) is 15.0. The van der Waals surface area contributed by atoms with Crippen molar-refractivity contribution in [2.24, 2.45) is 7.05 Å². The molecule has 1 fully saturated rings. The summed E-state index contributed by atoms with van der Waals surface area (Å²) >= 11 is 0. The summed E-state index contributed by atoms with van der Waals surface area (Å²) in [6, 6.07) is 1.89. The Morgan fingerprint density at radius 2 is 2.29 bits per heavy atom. The van der Waals surface area contributed by atoms with Crippen molar-refractivity contribution in [2.45, 2.75) is 23.8 Å². The van der Waals surface area contributed by atoms with Gasteiger partial charge in [0.1, 0.15) is 0 Å². The summed E-state index contributed by atoms with van der Waals surface area (Å²) in [4.78, 5) is 3.86. The van der Waals surface area contributed by atoms with Crippen LogP contribution in [-0.4, -0.2) is 45.6 Å². The van der Waals surface area contributed by atoms with E-state index in [-0.39, 0.29) is 16.8 Å². The van der Waals surface area contributed by atoms with E-state index in [4.69, 9.17) is 5.73 Å². The summed E-state index contributed by atoms with van der Waals surface area (Å²) in [5.74, 6) is 0.173. The van der Waals surface area contributed by atoms with Gasteiger partial charge in [0, 0.05) is 37.9 Å². The number of imidazole rings is 1. The van der Waals surface area contributed by atoms with E-state index in [1.807, 2.05) is 6.07 Å². The van der Waals surface area contributed by atoms with E-state index >= 15 is 0 Å². The van der Waals surface area contributed by atoms with Gasteiger partial charge >= 0.3 is 0 Å². The van der Waals surface area contributed by atoms with Gasteiger partial charge < -0.3 is 10.3 Å². The molecule has 3 rings (SSSR count). The van der Waals surface area contributed by atoms with Gasteiger partial charge in [-0.3, -0.25) is 5.10 Å². The number of aryl methyl sites for hydroxylation is 1. The predicted molar refractivity (Wildman–Crippen MR) is 76.9 cm³/mol. The molecule has 3 heterocycles. The molecule has 0 aliphatic carbocycles. The Morgan fingerprint density at radius 1 is 1.48 bits per heavy atom. The quantitative estimate of drug-likeness (QED) is 0.847. The molecule has 9 heteroatoms. The molecule has 1 saturated heterocycles. The number of aromatic amines is 1. The summed E-state index contributed by atoms with van der Waals surface area (Å²) in [5, 5.41) is 6.92. The van der Waals surface area contributed by atoms with E-state index < -0.39 is 10.0 Å². The lowest BCUT2D eigenvalue weighted by molar-refractivity contribution is 0.311. The van der Waals surface area contributed by atoms with Crippen LogP contribution in [0.15, 0.2) is 23.6 Å². The van der Waals surface area contributed by atoms with Crippen LogP contribution in [0.3, 0.4) is 0 Å². The van der Waals surface area contributed by atoms with Gasteiger partial charge in [-0.05, 0) is 18.9 Å². The average molecular weight is 310 g/mol. The summed E-state index contributed by atoms with van der Waals surface area (Å²) < 4.78 is 28.5. The third-order valence-corrected chi connectivity index (χ3v) is 5.84. The first-order valence-electron chi connectivity index (χ1n) is 6.76. The number of sulfonamides is 1. The number of hydrogen-bond donors (Lipinski definition) is 2. The number of piperidine rings is 1. The molecule has 0 bridgehead atoms. The third-order valence-electron chi connectivity index (χ3n) is 3.84. The Labute approximate surface area is 123 Å². The molecule has 0 saturated carbocycles. The van der Waals surface area contributed by atoms with Gasteiger partial charge in [0.25, 0.3) is 10.0 Å². The summed E-state index contributed by atoms with van der Waals surface area (Å²) in [5.41, 5.74) is 6.68. The van der Waals surface area contributed by atoms with Crippen molar-refractivity contribution in [2.75, 3.05) is 18.8 Å². The number of nitrogen functional groups attached to an aromatic ring is 1. The predicted octanol–water partition coefficient (Wildman–Crippen LogP) is 0.294. The second-order valence-corrected chi connectivity index (χ2v) is 7.11. The average Bonchev–Trinajstić information content (AvgIpc) is 3.09. The molecule has 0 aromatic carbocycles. The molecule has 1 atom stereocenters. The SMILES string of the molecule is Cn1cnc(N)c1S(=O)(=O)N1CCCC(c2ccn[nH]2)C1. The molecule has 0 radical (unpaired) electrons. The topological polar surface area (TPSA) is 110 Å². The monoisotopic (exact) mass is 310 g/mol. The van der Waals surface area contributed by atoms with Gasteiger partial charge in [-0.1, -0.05) is 0 Å². The van der Waals surface area contributed by atoms with Crippen molar-refractivity contribution in [1.29, 1.82) is 0 Å². The van der Waals surface area contributed by atoms with Crippen molar-refractivity contribution in [3.63, 3.8) is 0 Å². The lowest BCUT2D eigenvalue weighted by Gasteiger charge is -2.31. The van der Waals surface area contributed by atoms with Crippen molar-refractivity contribution >= 4 is 15.8 Å². The number of anilines is 1. The number of aromatic nitrogens is 4. The maximum Gasteiger partial charge on any atom is 0.262 e. The smallest absolute Gasteiger partial charge is 0.262 e. The fraction of sp³-hybridized carbons (Fsp3) is 0.500. The fourth-order valence-corrected chi connectivity index (χ4v) is 4.50. The minimum Gasteiger partial charge on any atom is -0.381 e. The molecule has 0 spiro atoms. The van der Waals surface area contributed by atoms with Crippen LogP contribution in [-0.2, 0) is 17.1 Å². The molecule has 114 valence electrons. The Kier molecular flexibility index (Phi) is 3.46. The maximum absolute atomic E-state index is 12.8. The molecule has 3 N–H and O–H groups in total. The molecule has 0 amide bonds. The highest BCUT2D eigenvalue weighted by Crippen LogP contribution is 2.30. The molecule has 2 aromatic heterocycles. The van der Waals surface area contributed by atoms with E-state index in [2.05, 4.69) is 15.2 Å². The second kappa shape index (κ2) is 5.15. The highest BCUT2D eigenvalue weighted by molar-refractivity contribution is 7.89. The summed E-state index contributed by atoms with van der Waals surface area (Å²) in [6.45, 7) is 0.923. The van der Waals surface area contributed by atoms with Crippen LogP contribution in [0.4, 0.5) is 5.82 Å². The van der Waals surface area contributed by atoms with Crippen LogP contribution < -0.4 is 5.73 Å². The zero-order valence-corrected chi connectivity index (χ0v) is 12.5. The summed E-state index contributed by atoms with van der Waals surface area (Å²) in [6.07, 6.45) is 4.84. The Morgan fingerprint density at radius 3 is 2.90 bits per heavy atom. The highest BCUT2D eigenvalue weighted by atomic mass is 32.2.